The van der Waals surface area contributed by atoms with Crippen molar-refractivity contribution in [3.05, 3.63) is 45.9 Å². The molecular formula is C18H23F3N4OS. The summed E-state index contributed by atoms with van der Waals surface area (Å²) in [7, 11) is 1.59. The van der Waals surface area contributed by atoms with Crippen LogP contribution in [-0.4, -0.2) is 24.4 Å². The highest BCUT2D eigenvalue weighted by molar-refractivity contribution is 7.09. The number of ether oxygens (including phenoxy) is 1. The molecule has 0 aliphatic rings. The van der Waals surface area contributed by atoms with E-state index in [2.05, 4.69) is 46.1 Å². The van der Waals surface area contributed by atoms with Crippen molar-refractivity contribution in [3.63, 3.8) is 0 Å². The molecule has 9 heteroatoms. The van der Waals surface area contributed by atoms with E-state index in [1.807, 2.05) is 5.38 Å². The Bertz CT molecular complexity index is 781. The van der Waals surface area contributed by atoms with Crippen molar-refractivity contribution in [1.82, 2.24) is 15.6 Å². The van der Waals surface area contributed by atoms with Gasteiger partial charge in [0.05, 0.1) is 12.2 Å². The van der Waals surface area contributed by atoms with Gasteiger partial charge in [-0.1, -0.05) is 39.0 Å². The van der Waals surface area contributed by atoms with Crippen LogP contribution in [0.15, 0.2) is 34.6 Å². The molecule has 27 heavy (non-hydrogen) atoms. The highest BCUT2D eigenvalue weighted by Gasteiger charge is 2.31. The molecule has 0 aliphatic carbocycles. The van der Waals surface area contributed by atoms with Crippen LogP contribution in [0.1, 0.15) is 37.0 Å². The summed E-state index contributed by atoms with van der Waals surface area (Å²) in [5, 5.41) is 9.03. The topological polar surface area (TPSA) is 58.5 Å². The molecule has 0 bridgehead atoms. The van der Waals surface area contributed by atoms with Crippen LogP contribution in [0, 0.1) is 0 Å². The first-order valence-corrected chi connectivity index (χ1v) is 9.19. The molecule has 2 rings (SSSR count). The lowest BCUT2D eigenvalue weighted by Crippen LogP contribution is -2.36. The Morgan fingerprint density at radius 1 is 1.15 bits per heavy atom. The number of benzene rings is 1. The maximum atomic E-state index is 12.5. The van der Waals surface area contributed by atoms with E-state index < -0.39 is 6.36 Å². The van der Waals surface area contributed by atoms with Gasteiger partial charge in [-0.2, -0.15) is 0 Å². The Morgan fingerprint density at radius 2 is 1.81 bits per heavy atom. The number of hydrogen-bond donors (Lipinski definition) is 2. The van der Waals surface area contributed by atoms with Crippen molar-refractivity contribution in [2.24, 2.45) is 4.99 Å². The molecule has 2 N–H and O–H groups in total. The Kier molecular flexibility index (Phi) is 6.69. The molecule has 5 nitrogen and oxygen atoms in total. The normalized spacial score (nSPS) is 12.8. The molecule has 0 amide bonds. The third-order valence-corrected chi connectivity index (χ3v) is 4.44. The number of aliphatic imine (C=N–C) groups is 1. The third-order valence-electron chi connectivity index (χ3n) is 3.60. The Labute approximate surface area is 160 Å². The zero-order valence-corrected chi connectivity index (χ0v) is 16.5. The number of hydrogen-bond acceptors (Lipinski definition) is 4. The van der Waals surface area contributed by atoms with Crippen LogP contribution in [-0.2, 0) is 18.5 Å². The van der Waals surface area contributed by atoms with Gasteiger partial charge in [-0.25, -0.2) is 4.98 Å². The fraction of sp³-hybridized carbons (Fsp3) is 0.444. The Morgan fingerprint density at radius 3 is 2.41 bits per heavy atom. The minimum absolute atomic E-state index is 0.0170. The summed E-state index contributed by atoms with van der Waals surface area (Å²) in [5.74, 6) is 0.229. The predicted octanol–water partition coefficient (Wildman–Crippen LogP) is 4.20. The lowest BCUT2D eigenvalue weighted by molar-refractivity contribution is -0.274. The molecule has 0 spiro atoms. The summed E-state index contributed by atoms with van der Waals surface area (Å²) >= 11 is 1.55. The molecule has 0 saturated carbocycles. The summed E-state index contributed by atoms with van der Waals surface area (Å²) in [4.78, 5) is 8.67. The standard InChI is InChI=1S/C18H23F3N4OS/c1-17(2,3)14-11-27-15(25-14)10-24-16(22-4)23-9-12-7-5-6-8-13(12)26-18(19,20)21/h5-8,11H,9-10H2,1-4H3,(H2,22,23,24). The second kappa shape index (κ2) is 8.60. The number of aromatic nitrogens is 1. The molecule has 0 fully saturated rings. The first kappa shape index (κ1) is 21.0. The monoisotopic (exact) mass is 400 g/mol. The van der Waals surface area contributed by atoms with Gasteiger partial charge >= 0.3 is 6.36 Å². The maximum absolute atomic E-state index is 12.5. The summed E-state index contributed by atoms with van der Waals surface area (Å²) < 4.78 is 41.5. The van der Waals surface area contributed by atoms with Crippen LogP contribution in [0.5, 0.6) is 5.75 Å². The van der Waals surface area contributed by atoms with Gasteiger partial charge in [0.2, 0.25) is 0 Å². The van der Waals surface area contributed by atoms with Gasteiger partial charge in [0, 0.05) is 30.0 Å². The summed E-state index contributed by atoms with van der Waals surface area (Å²) in [6.07, 6.45) is -4.73. The largest absolute Gasteiger partial charge is 0.573 e. The van der Waals surface area contributed by atoms with E-state index in [9.17, 15) is 13.2 Å². The van der Waals surface area contributed by atoms with Crippen molar-refractivity contribution in [2.45, 2.75) is 45.6 Å². The molecule has 148 valence electrons. The Hall–Kier alpha value is -2.29. The maximum Gasteiger partial charge on any atom is 0.573 e. The molecule has 0 saturated heterocycles. The summed E-state index contributed by atoms with van der Waals surface area (Å²) in [6, 6.07) is 6.00. The number of para-hydroxylation sites is 1. The fourth-order valence-corrected chi connectivity index (χ4v) is 3.13. The summed E-state index contributed by atoms with van der Waals surface area (Å²) in [5.41, 5.74) is 1.38. The van der Waals surface area contributed by atoms with Crippen molar-refractivity contribution in [2.75, 3.05) is 7.05 Å². The van der Waals surface area contributed by atoms with E-state index >= 15 is 0 Å². The third kappa shape index (κ3) is 6.74. The van der Waals surface area contributed by atoms with E-state index in [0.29, 0.717) is 18.1 Å². The minimum atomic E-state index is -4.73. The van der Waals surface area contributed by atoms with E-state index in [0.717, 1.165) is 10.7 Å². The number of rotatable bonds is 5. The van der Waals surface area contributed by atoms with Crippen molar-refractivity contribution < 1.29 is 17.9 Å². The molecule has 0 aliphatic heterocycles. The average Bonchev–Trinajstić information content (AvgIpc) is 3.04. The van der Waals surface area contributed by atoms with E-state index in [4.69, 9.17) is 0 Å². The van der Waals surface area contributed by atoms with Gasteiger partial charge in [-0.15, -0.1) is 24.5 Å². The summed E-state index contributed by atoms with van der Waals surface area (Å²) in [6.45, 7) is 6.90. The quantitative estimate of drug-likeness (QED) is 0.583. The minimum Gasteiger partial charge on any atom is -0.405 e. The molecule has 0 unspecified atom stereocenters. The van der Waals surface area contributed by atoms with Gasteiger partial charge in [0.25, 0.3) is 0 Å². The number of guanidine groups is 1. The average molecular weight is 400 g/mol. The van der Waals surface area contributed by atoms with Gasteiger partial charge in [0.15, 0.2) is 5.96 Å². The predicted molar refractivity (Wildman–Crippen MR) is 101 cm³/mol. The fourth-order valence-electron chi connectivity index (χ4n) is 2.17. The molecular weight excluding hydrogens is 377 g/mol. The lowest BCUT2D eigenvalue weighted by atomic mass is 9.93. The number of halogens is 3. The molecule has 0 radical (unpaired) electrons. The van der Waals surface area contributed by atoms with Crippen LogP contribution in [0.3, 0.4) is 0 Å². The van der Waals surface area contributed by atoms with Crippen LogP contribution < -0.4 is 15.4 Å². The zero-order valence-electron chi connectivity index (χ0n) is 15.6. The van der Waals surface area contributed by atoms with Crippen LogP contribution in [0.2, 0.25) is 0 Å². The number of thiazole rings is 1. The lowest BCUT2D eigenvalue weighted by Gasteiger charge is -2.15. The van der Waals surface area contributed by atoms with E-state index in [-0.39, 0.29) is 17.7 Å². The van der Waals surface area contributed by atoms with E-state index in [1.54, 1.807) is 30.5 Å². The SMILES string of the molecule is CN=C(NCc1nc(C(C)(C)C)cs1)NCc1ccccc1OC(F)(F)F. The zero-order chi connectivity index (χ0) is 20.1. The van der Waals surface area contributed by atoms with Gasteiger partial charge in [-0.05, 0) is 6.07 Å². The van der Waals surface area contributed by atoms with Gasteiger partial charge in [-0.3, -0.25) is 4.99 Å². The molecule has 0 atom stereocenters. The van der Waals surface area contributed by atoms with E-state index in [1.165, 1.54) is 12.1 Å². The highest BCUT2D eigenvalue weighted by Crippen LogP contribution is 2.26. The number of nitrogens with zero attached hydrogens (tertiary/aromatic N) is 2. The second-order valence-electron chi connectivity index (χ2n) is 6.81. The van der Waals surface area contributed by atoms with Crippen LogP contribution in [0.25, 0.3) is 0 Å². The van der Waals surface area contributed by atoms with Gasteiger partial charge < -0.3 is 15.4 Å². The molecule has 1 heterocycles. The molecule has 2 aromatic rings. The van der Waals surface area contributed by atoms with Crippen molar-refractivity contribution >= 4 is 17.3 Å². The smallest absolute Gasteiger partial charge is 0.405 e. The number of alkyl halides is 3. The molecule has 1 aromatic carbocycles. The van der Waals surface area contributed by atoms with Crippen molar-refractivity contribution in [3.8, 4) is 5.75 Å². The first-order valence-electron chi connectivity index (χ1n) is 8.31. The molecule has 1 aromatic heterocycles. The second-order valence-corrected chi connectivity index (χ2v) is 7.75. The van der Waals surface area contributed by atoms with Crippen molar-refractivity contribution in [1.29, 1.82) is 0 Å². The highest BCUT2D eigenvalue weighted by atomic mass is 32.1. The van der Waals surface area contributed by atoms with Crippen LogP contribution >= 0.6 is 11.3 Å². The first-order chi connectivity index (χ1) is 12.6. The van der Waals surface area contributed by atoms with Crippen LogP contribution in [0.4, 0.5) is 13.2 Å². The van der Waals surface area contributed by atoms with Gasteiger partial charge in [0.1, 0.15) is 10.8 Å². The Balaban J connectivity index is 1.94. The number of nitrogens with one attached hydrogen (secondary N) is 2.